The Morgan fingerprint density at radius 3 is 2.16 bits per heavy atom. The Hall–Kier alpha value is -2.50. The summed E-state index contributed by atoms with van der Waals surface area (Å²) in [6.45, 7) is 5.01. The summed E-state index contributed by atoms with van der Waals surface area (Å²) in [5, 5.41) is 11.6. The molecule has 1 aromatic rings. The zero-order valence-electron chi connectivity index (χ0n) is 10.9. The monoisotopic (exact) mass is 265 g/mol. The molecule has 0 unspecified atom stereocenters. The van der Waals surface area contributed by atoms with Crippen molar-refractivity contribution in [3.05, 3.63) is 29.8 Å². The number of amides is 1. The van der Waals surface area contributed by atoms with E-state index in [-0.39, 0.29) is 22.6 Å². The van der Waals surface area contributed by atoms with E-state index in [1.165, 1.54) is 33.3 Å². The smallest absolute Gasteiger partial charge is 0.337 e. The summed E-state index contributed by atoms with van der Waals surface area (Å²) in [7, 11) is 2.82. The van der Waals surface area contributed by atoms with E-state index >= 15 is 0 Å². The molecule has 102 valence electrons. The fraction of sp³-hybridized carbons (Fsp3) is 0.231. The zero-order chi connectivity index (χ0) is 14.6. The van der Waals surface area contributed by atoms with Crippen molar-refractivity contribution in [1.29, 1.82) is 0 Å². The number of carbonyl (C=O) groups excluding carboxylic acids is 1. The van der Waals surface area contributed by atoms with Gasteiger partial charge in [0, 0.05) is 17.7 Å². The first-order valence-corrected chi connectivity index (χ1v) is 5.36. The van der Waals surface area contributed by atoms with Crippen molar-refractivity contribution in [3.8, 4) is 11.5 Å². The highest BCUT2D eigenvalue weighted by Crippen LogP contribution is 2.33. The molecular weight excluding hydrogens is 250 g/mol. The highest BCUT2D eigenvalue weighted by molar-refractivity contribution is 6.07. The van der Waals surface area contributed by atoms with Crippen LogP contribution in [0.15, 0.2) is 24.3 Å². The molecule has 0 saturated heterocycles. The Bertz CT molecular complexity index is 536. The molecule has 1 rings (SSSR count). The zero-order valence-corrected chi connectivity index (χ0v) is 10.9. The molecular formula is C13H15NO5. The van der Waals surface area contributed by atoms with Crippen LogP contribution in [0.25, 0.3) is 0 Å². The van der Waals surface area contributed by atoms with Gasteiger partial charge in [0.25, 0.3) is 5.91 Å². The lowest BCUT2D eigenvalue weighted by Gasteiger charge is -2.13. The van der Waals surface area contributed by atoms with E-state index in [4.69, 9.17) is 14.6 Å². The predicted octanol–water partition coefficient (Wildman–Crippen LogP) is 1.92. The summed E-state index contributed by atoms with van der Waals surface area (Å²) < 4.78 is 10.1. The number of ether oxygens (including phenoxy) is 2. The molecule has 0 spiro atoms. The molecule has 1 aromatic carbocycles. The van der Waals surface area contributed by atoms with Crippen LogP contribution in [0.2, 0.25) is 0 Å². The minimum atomic E-state index is -1.18. The second-order valence-corrected chi connectivity index (χ2v) is 3.79. The standard InChI is InChI=1S/C13H15NO5/c1-7(2)12(15)14-9-6-11(19-4)10(18-3)5-8(9)13(16)17/h5-6H,1H2,2-4H3,(H,14,15)(H,16,17). The first-order chi connectivity index (χ1) is 8.90. The highest BCUT2D eigenvalue weighted by atomic mass is 16.5. The number of aromatic carboxylic acids is 1. The molecule has 0 heterocycles. The van der Waals surface area contributed by atoms with E-state index in [2.05, 4.69) is 11.9 Å². The van der Waals surface area contributed by atoms with Gasteiger partial charge in [-0.3, -0.25) is 4.79 Å². The number of carboxylic acids is 1. The van der Waals surface area contributed by atoms with E-state index in [1.807, 2.05) is 0 Å². The Morgan fingerprint density at radius 1 is 1.21 bits per heavy atom. The number of hydrogen-bond acceptors (Lipinski definition) is 4. The van der Waals surface area contributed by atoms with Crippen LogP contribution >= 0.6 is 0 Å². The minimum absolute atomic E-state index is 0.0905. The molecule has 0 aliphatic heterocycles. The van der Waals surface area contributed by atoms with Crippen LogP contribution in [0.4, 0.5) is 5.69 Å². The van der Waals surface area contributed by atoms with Gasteiger partial charge in [-0.1, -0.05) is 6.58 Å². The molecule has 1 amide bonds. The lowest BCUT2D eigenvalue weighted by molar-refractivity contribution is -0.112. The number of carboxylic acid groups (broad SMARTS) is 1. The molecule has 2 N–H and O–H groups in total. The molecule has 0 fully saturated rings. The number of nitrogens with one attached hydrogen (secondary N) is 1. The summed E-state index contributed by atoms with van der Waals surface area (Å²) in [6, 6.07) is 2.68. The van der Waals surface area contributed by atoms with Crippen LogP contribution in [-0.4, -0.2) is 31.2 Å². The number of methoxy groups -OCH3 is 2. The van der Waals surface area contributed by atoms with E-state index in [9.17, 15) is 9.59 Å². The van der Waals surface area contributed by atoms with Gasteiger partial charge in [0.2, 0.25) is 0 Å². The maximum atomic E-state index is 11.6. The molecule has 6 heteroatoms. The number of anilines is 1. The Kier molecular flexibility index (Phi) is 4.52. The number of benzene rings is 1. The third kappa shape index (κ3) is 3.25. The summed E-state index contributed by atoms with van der Waals surface area (Å²) in [5.74, 6) is -1.05. The second-order valence-electron chi connectivity index (χ2n) is 3.79. The van der Waals surface area contributed by atoms with E-state index in [0.29, 0.717) is 5.75 Å². The Balaban J connectivity index is 3.31. The average molecular weight is 265 g/mol. The Morgan fingerprint density at radius 2 is 1.74 bits per heavy atom. The Labute approximate surface area is 110 Å². The summed E-state index contributed by atoms with van der Waals surface area (Å²) in [5.41, 5.74) is 0.302. The molecule has 0 aliphatic carbocycles. The van der Waals surface area contributed by atoms with Crippen LogP contribution in [-0.2, 0) is 4.79 Å². The van der Waals surface area contributed by atoms with Crippen molar-refractivity contribution < 1.29 is 24.2 Å². The van der Waals surface area contributed by atoms with E-state index < -0.39 is 11.9 Å². The molecule has 0 radical (unpaired) electrons. The summed E-state index contributed by atoms with van der Waals surface area (Å²) in [6.07, 6.45) is 0. The van der Waals surface area contributed by atoms with Gasteiger partial charge in [0.05, 0.1) is 25.5 Å². The lowest BCUT2D eigenvalue weighted by Crippen LogP contribution is -2.15. The maximum absolute atomic E-state index is 11.6. The van der Waals surface area contributed by atoms with E-state index in [0.717, 1.165) is 0 Å². The van der Waals surface area contributed by atoms with Crippen molar-refractivity contribution in [3.63, 3.8) is 0 Å². The molecule has 6 nitrogen and oxygen atoms in total. The van der Waals surface area contributed by atoms with Crippen LogP contribution in [0.3, 0.4) is 0 Å². The SMILES string of the molecule is C=C(C)C(=O)Nc1cc(OC)c(OC)cc1C(=O)O. The lowest BCUT2D eigenvalue weighted by atomic mass is 10.1. The highest BCUT2D eigenvalue weighted by Gasteiger charge is 2.17. The minimum Gasteiger partial charge on any atom is -0.493 e. The molecule has 0 bridgehead atoms. The number of hydrogen-bond donors (Lipinski definition) is 2. The largest absolute Gasteiger partial charge is 0.493 e. The molecule has 0 aliphatic rings. The first-order valence-electron chi connectivity index (χ1n) is 5.36. The van der Waals surface area contributed by atoms with Gasteiger partial charge < -0.3 is 19.9 Å². The number of carbonyl (C=O) groups is 2. The molecule has 0 saturated carbocycles. The summed E-state index contributed by atoms with van der Waals surface area (Å²) in [4.78, 5) is 22.7. The summed E-state index contributed by atoms with van der Waals surface area (Å²) >= 11 is 0. The van der Waals surface area contributed by atoms with Gasteiger partial charge >= 0.3 is 5.97 Å². The maximum Gasteiger partial charge on any atom is 0.337 e. The predicted molar refractivity (Wildman–Crippen MR) is 69.9 cm³/mol. The normalized spacial score (nSPS) is 9.63. The van der Waals surface area contributed by atoms with Crippen molar-refractivity contribution in [2.45, 2.75) is 6.92 Å². The van der Waals surface area contributed by atoms with Gasteiger partial charge in [-0.05, 0) is 6.92 Å². The van der Waals surface area contributed by atoms with Crippen molar-refractivity contribution in [2.24, 2.45) is 0 Å². The number of rotatable bonds is 5. The van der Waals surface area contributed by atoms with Crippen LogP contribution in [0.5, 0.6) is 11.5 Å². The average Bonchev–Trinajstić information content (AvgIpc) is 2.37. The molecule has 0 atom stereocenters. The van der Waals surface area contributed by atoms with E-state index in [1.54, 1.807) is 0 Å². The third-order valence-electron chi connectivity index (χ3n) is 2.39. The third-order valence-corrected chi connectivity index (χ3v) is 2.39. The second kappa shape index (κ2) is 5.90. The topological polar surface area (TPSA) is 84.9 Å². The van der Waals surface area contributed by atoms with Crippen LogP contribution in [0.1, 0.15) is 17.3 Å². The van der Waals surface area contributed by atoms with Gasteiger partial charge in [-0.2, -0.15) is 0 Å². The van der Waals surface area contributed by atoms with Gasteiger partial charge in [-0.15, -0.1) is 0 Å². The van der Waals surface area contributed by atoms with Gasteiger partial charge in [-0.25, -0.2) is 4.79 Å². The van der Waals surface area contributed by atoms with Crippen molar-refractivity contribution in [1.82, 2.24) is 0 Å². The molecule has 0 aromatic heterocycles. The van der Waals surface area contributed by atoms with Crippen LogP contribution < -0.4 is 14.8 Å². The van der Waals surface area contributed by atoms with Crippen molar-refractivity contribution >= 4 is 17.6 Å². The first kappa shape index (κ1) is 14.6. The van der Waals surface area contributed by atoms with Crippen LogP contribution in [0, 0.1) is 0 Å². The quantitative estimate of drug-likeness (QED) is 0.794. The fourth-order valence-corrected chi connectivity index (χ4v) is 1.39. The van der Waals surface area contributed by atoms with Crippen molar-refractivity contribution in [2.75, 3.05) is 19.5 Å². The molecule has 19 heavy (non-hydrogen) atoms. The fourth-order valence-electron chi connectivity index (χ4n) is 1.39. The van der Waals surface area contributed by atoms with Gasteiger partial charge in [0.1, 0.15) is 0 Å². The van der Waals surface area contributed by atoms with Gasteiger partial charge in [0.15, 0.2) is 11.5 Å².